The number of carbonyl (C=O) groups is 8. The molecule has 0 radical (unpaired) electrons. The standard InChI is InChI=1S/C67H107N5O16/c1-66(2,3)87-62(77)36-23-21-19-17-15-13-11-9-8-10-12-14-16-18-20-22-35-59(74)71-57(64(79)88-67(4,5)6)37-38-58(73)69-40-42-82-44-47-85-50-61(76)70-41-43-83-45-46-84-49-60(75)68-39-29-28-34-56(63(78)81-7)72-65(80)86-48-55-53-32-26-24-30-51(53)52-31-25-27-33-54(52)55/h24-27,30-33,55-57H,8-23,28-29,34-50H2,1-7H3,(H,68,75)(H,69,73)(H,70,76)(H,71,74)(H,72,80)/t56-,57?/m0/s1. The highest BCUT2D eigenvalue weighted by atomic mass is 16.6. The Labute approximate surface area is 524 Å². The minimum absolute atomic E-state index is 0.00307. The molecular formula is C67H107N5O16. The van der Waals surface area contributed by atoms with Crippen molar-refractivity contribution in [3.63, 3.8) is 0 Å². The summed E-state index contributed by atoms with van der Waals surface area (Å²) in [6.45, 7) is 12.7. The van der Waals surface area contributed by atoms with Crippen LogP contribution in [0.15, 0.2) is 48.5 Å². The summed E-state index contributed by atoms with van der Waals surface area (Å²) in [5.74, 6) is -2.56. The third-order valence-electron chi connectivity index (χ3n) is 14.4. The summed E-state index contributed by atoms with van der Waals surface area (Å²) in [5, 5.41) is 13.6. The van der Waals surface area contributed by atoms with Gasteiger partial charge in [-0.15, -0.1) is 0 Å². The maximum atomic E-state index is 13.0. The largest absolute Gasteiger partial charge is 0.467 e. The maximum Gasteiger partial charge on any atom is 0.407 e. The number of methoxy groups -OCH3 is 1. The second kappa shape index (κ2) is 45.1. The fourth-order valence-corrected chi connectivity index (χ4v) is 9.95. The lowest BCUT2D eigenvalue weighted by Crippen LogP contribution is -2.44. The minimum Gasteiger partial charge on any atom is -0.467 e. The average molecular weight is 1240 g/mol. The van der Waals surface area contributed by atoms with Crippen LogP contribution in [-0.2, 0) is 71.5 Å². The van der Waals surface area contributed by atoms with Gasteiger partial charge in [-0.05, 0) is 102 Å². The van der Waals surface area contributed by atoms with Gasteiger partial charge in [0, 0.05) is 44.8 Å². The lowest BCUT2D eigenvalue weighted by molar-refractivity contribution is -0.159. The van der Waals surface area contributed by atoms with Gasteiger partial charge in [0.1, 0.15) is 43.1 Å². The van der Waals surface area contributed by atoms with Gasteiger partial charge in [-0.2, -0.15) is 0 Å². The molecule has 0 aliphatic heterocycles. The van der Waals surface area contributed by atoms with Crippen molar-refractivity contribution in [2.75, 3.05) is 86.2 Å². The minimum atomic E-state index is -0.947. The Bertz CT molecular complexity index is 2310. The summed E-state index contributed by atoms with van der Waals surface area (Å²) in [5.41, 5.74) is 3.22. The molecule has 0 saturated carbocycles. The molecule has 1 aliphatic rings. The van der Waals surface area contributed by atoms with Crippen molar-refractivity contribution < 1.29 is 76.3 Å². The van der Waals surface area contributed by atoms with Gasteiger partial charge in [0.05, 0.1) is 46.8 Å². The van der Waals surface area contributed by atoms with E-state index in [1.807, 2.05) is 57.2 Å². The molecule has 0 spiro atoms. The molecule has 5 N–H and O–H groups in total. The van der Waals surface area contributed by atoms with E-state index in [4.69, 9.17) is 37.9 Å². The number of ether oxygens (including phenoxy) is 8. The summed E-state index contributed by atoms with van der Waals surface area (Å²) in [6.07, 6.45) is 19.9. The van der Waals surface area contributed by atoms with Crippen LogP contribution < -0.4 is 26.6 Å². The zero-order valence-electron chi connectivity index (χ0n) is 54.1. The van der Waals surface area contributed by atoms with Gasteiger partial charge in [0.2, 0.25) is 23.6 Å². The van der Waals surface area contributed by atoms with Gasteiger partial charge in [0.15, 0.2) is 0 Å². The second-order valence-corrected chi connectivity index (χ2v) is 24.4. The third-order valence-corrected chi connectivity index (χ3v) is 14.4. The number of amides is 5. The fraction of sp³-hybridized carbons (Fsp3) is 0.701. The van der Waals surface area contributed by atoms with Crippen LogP contribution in [0.25, 0.3) is 11.1 Å². The van der Waals surface area contributed by atoms with Crippen LogP contribution in [0.5, 0.6) is 0 Å². The van der Waals surface area contributed by atoms with Gasteiger partial charge >= 0.3 is 24.0 Å². The molecule has 1 aliphatic carbocycles. The van der Waals surface area contributed by atoms with Crippen molar-refractivity contribution in [2.45, 2.75) is 218 Å². The van der Waals surface area contributed by atoms with E-state index in [1.54, 1.807) is 20.8 Å². The van der Waals surface area contributed by atoms with Crippen molar-refractivity contribution >= 4 is 47.6 Å². The molecule has 21 nitrogen and oxygen atoms in total. The van der Waals surface area contributed by atoms with E-state index in [9.17, 15) is 38.4 Å². The van der Waals surface area contributed by atoms with Crippen LogP contribution >= 0.6 is 0 Å². The van der Waals surface area contributed by atoms with Gasteiger partial charge in [0.25, 0.3) is 0 Å². The van der Waals surface area contributed by atoms with Crippen molar-refractivity contribution in [3.05, 3.63) is 59.7 Å². The lowest BCUT2D eigenvalue weighted by Gasteiger charge is -2.24. The molecule has 88 heavy (non-hydrogen) atoms. The van der Waals surface area contributed by atoms with E-state index < -0.39 is 41.3 Å². The van der Waals surface area contributed by atoms with E-state index >= 15 is 0 Å². The molecule has 3 rings (SSSR count). The fourth-order valence-electron chi connectivity index (χ4n) is 9.95. The van der Waals surface area contributed by atoms with E-state index in [-0.39, 0.29) is 121 Å². The van der Waals surface area contributed by atoms with Crippen LogP contribution in [0.3, 0.4) is 0 Å². The first kappa shape index (κ1) is 76.1. The highest BCUT2D eigenvalue weighted by Crippen LogP contribution is 2.44. The van der Waals surface area contributed by atoms with Gasteiger partial charge in [-0.1, -0.05) is 138 Å². The number of hydrogen-bond acceptors (Lipinski definition) is 16. The quantitative estimate of drug-likeness (QED) is 0.0234. The highest BCUT2D eigenvalue weighted by molar-refractivity contribution is 5.86. The average Bonchev–Trinajstić information content (AvgIpc) is 1.90. The Kier molecular flexibility index (Phi) is 39.0. The highest BCUT2D eigenvalue weighted by Gasteiger charge is 2.31. The Morgan fingerprint density at radius 3 is 1.38 bits per heavy atom. The number of benzene rings is 2. The van der Waals surface area contributed by atoms with Crippen LogP contribution in [-0.4, -0.2) is 157 Å². The number of nitrogens with one attached hydrogen (secondary N) is 5. The van der Waals surface area contributed by atoms with Crippen molar-refractivity contribution in [1.82, 2.24) is 26.6 Å². The van der Waals surface area contributed by atoms with E-state index in [2.05, 4.69) is 38.7 Å². The molecule has 0 heterocycles. The molecule has 0 saturated heterocycles. The topological polar surface area (TPSA) is 271 Å². The number of rotatable bonds is 49. The Morgan fingerprint density at radius 2 is 0.875 bits per heavy atom. The normalized spacial score (nSPS) is 12.7. The molecule has 2 aromatic carbocycles. The summed E-state index contributed by atoms with van der Waals surface area (Å²) in [7, 11) is 1.26. The second-order valence-electron chi connectivity index (χ2n) is 24.4. The van der Waals surface area contributed by atoms with Gasteiger partial charge in [-0.25, -0.2) is 14.4 Å². The predicted molar refractivity (Wildman–Crippen MR) is 336 cm³/mol. The number of alkyl carbamates (subject to hydrolysis) is 1. The molecule has 0 aromatic heterocycles. The Hall–Kier alpha value is -6.16. The summed E-state index contributed by atoms with van der Waals surface area (Å²) >= 11 is 0. The molecule has 5 amide bonds. The molecule has 2 aromatic rings. The summed E-state index contributed by atoms with van der Waals surface area (Å²) in [4.78, 5) is 100. The van der Waals surface area contributed by atoms with E-state index in [1.165, 1.54) is 71.3 Å². The number of carbonyl (C=O) groups excluding carboxylic acids is 8. The molecule has 496 valence electrons. The summed E-state index contributed by atoms with van der Waals surface area (Å²) < 4.78 is 43.2. The molecule has 21 heteroatoms. The first-order valence-corrected chi connectivity index (χ1v) is 32.3. The molecule has 1 unspecified atom stereocenters. The van der Waals surface area contributed by atoms with Crippen molar-refractivity contribution in [2.24, 2.45) is 0 Å². The maximum absolute atomic E-state index is 13.0. The van der Waals surface area contributed by atoms with Crippen LogP contribution in [0.2, 0.25) is 0 Å². The van der Waals surface area contributed by atoms with Crippen molar-refractivity contribution in [1.29, 1.82) is 0 Å². The molecular weight excluding hydrogens is 1130 g/mol. The number of fused-ring (bicyclic) bond motifs is 3. The molecule has 0 fully saturated rings. The first-order chi connectivity index (χ1) is 42.3. The zero-order valence-corrected chi connectivity index (χ0v) is 54.1. The van der Waals surface area contributed by atoms with Crippen LogP contribution in [0, 0.1) is 0 Å². The SMILES string of the molecule is COC(=O)[C@H](CCCCNC(=O)COCCOCCNC(=O)COCCOCCNC(=O)CCC(NC(=O)CCCCCCCCCCCCCCCCCCC(=O)OC(C)(C)C)C(=O)OC(C)(C)C)NC(=O)OCC1c2ccccc2-c2ccccc21. The molecule has 2 atom stereocenters. The number of unbranched alkanes of at least 4 members (excludes halogenated alkanes) is 16. The predicted octanol–water partition coefficient (Wildman–Crippen LogP) is 9.62. The lowest BCUT2D eigenvalue weighted by atomic mass is 9.98. The molecule has 0 bridgehead atoms. The van der Waals surface area contributed by atoms with E-state index in [0.29, 0.717) is 38.6 Å². The van der Waals surface area contributed by atoms with E-state index in [0.717, 1.165) is 60.8 Å². The van der Waals surface area contributed by atoms with Crippen LogP contribution in [0.1, 0.15) is 206 Å². The monoisotopic (exact) mass is 1240 g/mol. The third kappa shape index (κ3) is 36.4. The zero-order chi connectivity index (χ0) is 64.3. The smallest absolute Gasteiger partial charge is 0.407 e. The number of hydrogen-bond donors (Lipinski definition) is 5. The Morgan fingerprint density at radius 1 is 0.432 bits per heavy atom. The summed E-state index contributed by atoms with van der Waals surface area (Å²) in [6, 6.07) is 14.2. The van der Waals surface area contributed by atoms with Crippen LogP contribution in [0.4, 0.5) is 4.79 Å². The van der Waals surface area contributed by atoms with Crippen molar-refractivity contribution in [3.8, 4) is 11.1 Å². The Balaban J connectivity index is 1.10. The first-order valence-electron chi connectivity index (χ1n) is 32.3. The number of esters is 3. The van der Waals surface area contributed by atoms with Gasteiger partial charge < -0.3 is 64.5 Å². The van der Waals surface area contributed by atoms with Gasteiger partial charge in [-0.3, -0.25) is 24.0 Å².